The van der Waals surface area contributed by atoms with E-state index in [1.54, 1.807) is 0 Å². The van der Waals surface area contributed by atoms with Crippen molar-refractivity contribution in [3.8, 4) is 5.75 Å². The van der Waals surface area contributed by atoms with Crippen molar-refractivity contribution in [1.82, 2.24) is 0 Å². The van der Waals surface area contributed by atoms with Crippen LogP contribution in [0.5, 0.6) is 5.75 Å². The second kappa shape index (κ2) is 7.40. The molecule has 1 aromatic carbocycles. The van der Waals surface area contributed by atoms with Crippen molar-refractivity contribution >= 4 is 16.1 Å². The van der Waals surface area contributed by atoms with E-state index in [-0.39, 0.29) is 22.5 Å². The lowest BCUT2D eigenvalue weighted by Crippen LogP contribution is -2.20. The molecule has 0 saturated heterocycles. The van der Waals surface area contributed by atoms with E-state index in [0.717, 1.165) is 19.3 Å². The Bertz CT molecular complexity index is 533. The Morgan fingerprint density at radius 1 is 1.25 bits per heavy atom. The van der Waals surface area contributed by atoms with Crippen LogP contribution in [-0.2, 0) is 14.9 Å². The van der Waals surface area contributed by atoms with Crippen LogP contribution in [0.4, 0.5) is 0 Å². The zero-order valence-corrected chi connectivity index (χ0v) is 12.5. The normalized spacial score (nSPS) is 12.9. The third-order valence-corrected chi connectivity index (χ3v) is 3.94. The van der Waals surface area contributed by atoms with Crippen molar-refractivity contribution in [3.05, 3.63) is 24.3 Å². The molecule has 0 aromatic heterocycles. The number of rotatable bonds is 7. The van der Waals surface area contributed by atoms with Gasteiger partial charge in [-0.15, -0.1) is 0 Å². The number of unbranched alkanes of at least 4 members (excludes halogenated alkanes) is 1. The quantitative estimate of drug-likeness (QED) is 0.475. The average Bonchev–Trinajstić information content (AvgIpc) is 2.39. The summed E-state index contributed by atoms with van der Waals surface area (Å²) < 4.78 is 35.8. The van der Waals surface area contributed by atoms with Crippen LogP contribution >= 0.6 is 0 Å². The van der Waals surface area contributed by atoms with Crippen molar-refractivity contribution < 1.29 is 22.5 Å². The Labute approximate surface area is 119 Å². The van der Waals surface area contributed by atoms with Gasteiger partial charge >= 0.3 is 5.97 Å². The molecule has 6 heteroatoms. The van der Waals surface area contributed by atoms with Crippen molar-refractivity contribution in [1.29, 1.82) is 0 Å². The smallest absolute Gasteiger partial charge is 0.314 e. The highest BCUT2D eigenvalue weighted by Gasteiger charge is 2.18. The molecule has 0 aliphatic rings. The van der Waals surface area contributed by atoms with Crippen molar-refractivity contribution in [2.45, 2.75) is 44.4 Å². The van der Waals surface area contributed by atoms with E-state index in [1.807, 2.05) is 6.92 Å². The van der Waals surface area contributed by atoms with Gasteiger partial charge in [-0.05, 0) is 37.1 Å². The van der Waals surface area contributed by atoms with Crippen molar-refractivity contribution in [2.24, 2.45) is 5.92 Å². The molecule has 0 bridgehead atoms. The first-order chi connectivity index (χ1) is 9.38. The van der Waals surface area contributed by atoms with Gasteiger partial charge in [0.05, 0.1) is 10.8 Å². The Kier molecular flexibility index (Phi) is 6.16. The summed E-state index contributed by atoms with van der Waals surface area (Å²) in [5, 5.41) is 0. The monoisotopic (exact) mass is 300 g/mol. The van der Waals surface area contributed by atoms with Gasteiger partial charge in [-0.2, -0.15) is 8.42 Å². The zero-order valence-electron chi connectivity index (χ0n) is 11.7. The van der Waals surface area contributed by atoms with E-state index in [9.17, 15) is 13.2 Å². The van der Waals surface area contributed by atoms with Crippen LogP contribution < -0.4 is 4.74 Å². The largest absolute Gasteiger partial charge is 0.426 e. The number of benzene rings is 1. The van der Waals surface area contributed by atoms with Gasteiger partial charge in [-0.1, -0.05) is 26.7 Å². The van der Waals surface area contributed by atoms with E-state index in [0.29, 0.717) is 6.42 Å². The van der Waals surface area contributed by atoms with Gasteiger partial charge in [0.15, 0.2) is 0 Å². The summed E-state index contributed by atoms with van der Waals surface area (Å²) in [6.07, 6.45) is 3.49. The van der Waals surface area contributed by atoms with Crippen molar-refractivity contribution in [3.63, 3.8) is 0 Å². The van der Waals surface area contributed by atoms with Gasteiger partial charge in [0.25, 0.3) is 10.1 Å². The highest BCUT2D eigenvalue weighted by Crippen LogP contribution is 2.19. The molecule has 1 N–H and O–H groups in total. The summed E-state index contributed by atoms with van der Waals surface area (Å²) >= 11 is 0. The van der Waals surface area contributed by atoms with E-state index < -0.39 is 10.1 Å². The fourth-order valence-electron chi connectivity index (χ4n) is 1.82. The highest BCUT2D eigenvalue weighted by atomic mass is 32.2. The van der Waals surface area contributed by atoms with Gasteiger partial charge in [-0.25, -0.2) is 0 Å². The maximum atomic E-state index is 11.9. The number of carbonyl (C=O) groups is 1. The minimum atomic E-state index is -4.22. The molecule has 1 atom stereocenters. The Hall–Kier alpha value is -1.40. The molecule has 112 valence electrons. The number of hydrogen-bond donors (Lipinski definition) is 1. The molecule has 0 spiro atoms. The predicted octanol–water partition coefficient (Wildman–Crippen LogP) is 3.06. The molecule has 0 radical (unpaired) electrons. The lowest BCUT2D eigenvalue weighted by molar-refractivity contribution is -0.139. The summed E-state index contributed by atoms with van der Waals surface area (Å²) in [6.45, 7) is 4.00. The number of hydrogen-bond acceptors (Lipinski definition) is 4. The van der Waals surface area contributed by atoms with Gasteiger partial charge in [0.2, 0.25) is 0 Å². The molecule has 0 fully saturated rings. The zero-order chi connectivity index (χ0) is 15.2. The first kappa shape index (κ1) is 16.7. The maximum Gasteiger partial charge on any atom is 0.314 e. The predicted molar refractivity (Wildman–Crippen MR) is 75.2 cm³/mol. The standard InChI is InChI=1S/C14H20O5S/c1-3-5-6-11(4-2)14(15)19-12-7-9-13(10-8-12)20(16,17)18/h7-11H,3-6H2,1-2H3,(H,16,17,18). The summed E-state index contributed by atoms with van der Waals surface area (Å²) in [5.74, 6) is -0.172. The van der Waals surface area contributed by atoms with Gasteiger partial charge in [-0.3, -0.25) is 9.35 Å². The van der Waals surface area contributed by atoms with Crippen LogP contribution in [0, 0.1) is 5.92 Å². The highest BCUT2D eigenvalue weighted by molar-refractivity contribution is 7.85. The molecule has 0 aliphatic heterocycles. The molecule has 0 heterocycles. The SMILES string of the molecule is CCCCC(CC)C(=O)Oc1ccc(S(=O)(=O)O)cc1. The molecular weight excluding hydrogens is 280 g/mol. The first-order valence-electron chi connectivity index (χ1n) is 6.67. The minimum Gasteiger partial charge on any atom is -0.426 e. The van der Waals surface area contributed by atoms with Crippen LogP contribution in [0.1, 0.15) is 39.5 Å². The topological polar surface area (TPSA) is 80.7 Å². The molecule has 0 saturated carbocycles. The van der Waals surface area contributed by atoms with Crippen LogP contribution in [-0.4, -0.2) is 18.9 Å². The Morgan fingerprint density at radius 2 is 1.85 bits per heavy atom. The molecule has 1 aromatic rings. The number of ether oxygens (including phenoxy) is 1. The van der Waals surface area contributed by atoms with Crippen LogP contribution in [0.15, 0.2) is 29.2 Å². The van der Waals surface area contributed by atoms with Crippen LogP contribution in [0.2, 0.25) is 0 Å². The third-order valence-electron chi connectivity index (χ3n) is 3.07. The second-order valence-electron chi connectivity index (χ2n) is 4.61. The fourth-order valence-corrected chi connectivity index (χ4v) is 2.30. The van der Waals surface area contributed by atoms with E-state index >= 15 is 0 Å². The average molecular weight is 300 g/mol. The number of esters is 1. The molecular formula is C14H20O5S. The number of carbonyl (C=O) groups excluding carboxylic acids is 1. The lowest BCUT2D eigenvalue weighted by atomic mass is 10.00. The second-order valence-corrected chi connectivity index (χ2v) is 6.04. The molecule has 20 heavy (non-hydrogen) atoms. The third kappa shape index (κ3) is 4.94. The summed E-state index contributed by atoms with van der Waals surface area (Å²) in [7, 11) is -4.22. The Morgan fingerprint density at radius 3 is 2.30 bits per heavy atom. The molecule has 5 nitrogen and oxygen atoms in total. The molecule has 1 unspecified atom stereocenters. The van der Waals surface area contributed by atoms with Crippen LogP contribution in [0.3, 0.4) is 0 Å². The molecule has 1 rings (SSSR count). The lowest BCUT2D eigenvalue weighted by Gasteiger charge is -2.13. The van der Waals surface area contributed by atoms with Crippen molar-refractivity contribution in [2.75, 3.05) is 0 Å². The Balaban J connectivity index is 2.70. The first-order valence-corrected chi connectivity index (χ1v) is 8.11. The molecule has 0 aliphatic carbocycles. The molecule has 0 amide bonds. The minimum absolute atomic E-state index is 0.142. The summed E-state index contributed by atoms with van der Waals surface area (Å²) in [4.78, 5) is 11.7. The maximum absolute atomic E-state index is 11.9. The van der Waals surface area contributed by atoms with E-state index in [4.69, 9.17) is 9.29 Å². The van der Waals surface area contributed by atoms with E-state index in [1.165, 1.54) is 24.3 Å². The van der Waals surface area contributed by atoms with Gasteiger partial charge < -0.3 is 4.74 Å². The fraction of sp³-hybridized carbons (Fsp3) is 0.500. The van der Waals surface area contributed by atoms with Gasteiger partial charge in [0, 0.05) is 0 Å². The van der Waals surface area contributed by atoms with Crippen LogP contribution in [0.25, 0.3) is 0 Å². The summed E-state index contributed by atoms with van der Waals surface area (Å²) in [6, 6.07) is 5.11. The van der Waals surface area contributed by atoms with E-state index in [2.05, 4.69) is 6.92 Å². The van der Waals surface area contributed by atoms with Gasteiger partial charge in [0.1, 0.15) is 5.75 Å². The summed E-state index contributed by atoms with van der Waals surface area (Å²) in [5.41, 5.74) is 0.